The lowest BCUT2D eigenvalue weighted by Crippen LogP contribution is -2.57. The van der Waals surface area contributed by atoms with Gasteiger partial charge in [-0.3, -0.25) is 0 Å². The molecule has 2 aliphatic heterocycles. The van der Waals surface area contributed by atoms with Crippen LogP contribution in [0.4, 0.5) is 0 Å². The number of hydrogen-bond acceptors (Lipinski definition) is 2. The minimum absolute atomic E-state index is 0.0635. The molecular formula is C29H40NO2+. The summed E-state index contributed by atoms with van der Waals surface area (Å²) in [5.74, 6) is 3.63. The summed E-state index contributed by atoms with van der Waals surface area (Å²) in [5.41, 5.74) is 2.94. The minimum atomic E-state index is -0.0635. The Morgan fingerprint density at radius 1 is 1.00 bits per heavy atom. The Kier molecular flexibility index (Phi) is 5.41. The van der Waals surface area contributed by atoms with E-state index in [1.165, 1.54) is 35.0 Å². The first-order valence-electron chi connectivity index (χ1n) is 12.5. The van der Waals surface area contributed by atoms with Crippen molar-refractivity contribution in [2.75, 3.05) is 20.2 Å². The first-order chi connectivity index (χ1) is 15.3. The van der Waals surface area contributed by atoms with E-state index in [1.807, 2.05) is 0 Å². The van der Waals surface area contributed by atoms with Crippen molar-refractivity contribution >= 4 is 0 Å². The van der Waals surface area contributed by atoms with Crippen LogP contribution < -0.4 is 4.74 Å². The van der Waals surface area contributed by atoms with Crippen LogP contribution in [-0.4, -0.2) is 35.8 Å². The van der Waals surface area contributed by atoms with Crippen LogP contribution in [0.5, 0.6) is 5.75 Å². The Labute approximate surface area is 194 Å². The van der Waals surface area contributed by atoms with Crippen LogP contribution in [0.15, 0.2) is 54.6 Å². The average Bonchev–Trinajstić information content (AvgIpc) is 3.33. The molecular weight excluding hydrogens is 394 g/mol. The molecule has 2 saturated heterocycles. The smallest absolute Gasteiger partial charge is 0.128 e. The summed E-state index contributed by atoms with van der Waals surface area (Å²) in [6.45, 7) is 14.1. The van der Waals surface area contributed by atoms with Gasteiger partial charge >= 0.3 is 0 Å². The normalized spacial score (nSPS) is 37.8. The molecule has 32 heavy (non-hydrogen) atoms. The van der Waals surface area contributed by atoms with Crippen LogP contribution in [0, 0.1) is 23.7 Å². The third-order valence-electron chi connectivity index (χ3n) is 9.68. The molecule has 2 aromatic rings. The monoisotopic (exact) mass is 434 g/mol. The molecule has 5 rings (SSSR count). The summed E-state index contributed by atoms with van der Waals surface area (Å²) in [6.07, 6.45) is 2.66. The number of ether oxygens (including phenoxy) is 2. The predicted octanol–water partition coefficient (Wildman–Crippen LogP) is 6.07. The Morgan fingerprint density at radius 3 is 2.38 bits per heavy atom. The van der Waals surface area contributed by atoms with Crippen LogP contribution in [0.2, 0.25) is 0 Å². The molecule has 0 spiro atoms. The van der Waals surface area contributed by atoms with E-state index in [1.54, 1.807) is 7.11 Å². The molecule has 3 heteroatoms. The maximum atomic E-state index is 7.07. The predicted molar refractivity (Wildman–Crippen MR) is 129 cm³/mol. The van der Waals surface area contributed by atoms with E-state index >= 15 is 0 Å². The van der Waals surface area contributed by atoms with E-state index in [-0.39, 0.29) is 5.60 Å². The average molecular weight is 435 g/mol. The van der Waals surface area contributed by atoms with Crippen molar-refractivity contribution in [2.24, 2.45) is 23.7 Å². The van der Waals surface area contributed by atoms with Crippen LogP contribution in [0.1, 0.15) is 51.7 Å². The summed E-state index contributed by atoms with van der Waals surface area (Å²) < 4.78 is 13.7. The van der Waals surface area contributed by atoms with Gasteiger partial charge in [0, 0.05) is 23.3 Å². The molecule has 1 aliphatic carbocycles. The van der Waals surface area contributed by atoms with Crippen molar-refractivity contribution in [1.82, 2.24) is 0 Å². The zero-order valence-electron chi connectivity index (χ0n) is 20.5. The summed E-state index contributed by atoms with van der Waals surface area (Å²) in [7, 11) is 1.75. The van der Waals surface area contributed by atoms with Crippen LogP contribution in [0.25, 0.3) is 0 Å². The second kappa shape index (κ2) is 7.88. The lowest BCUT2D eigenvalue weighted by atomic mass is 9.72. The molecule has 0 amide bonds. The largest absolute Gasteiger partial charge is 0.497 e. The van der Waals surface area contributed by atoms with E-state index in [2.05, 4.69) is 82.3 Å². The molecule has 2 aromatic carbocycles. The first kappa shape index (κ1) is 22.0. The zero-order chi connectivity index (χ0) is 22.6. The summed E-state index contributed by atoms with van der Waals surface area (Å²) in [4.78, 5) is 0. The molecule has 0 bridgehead atoms. The number of benzene rings is 2. The molecule has 0 unspecified atom stereocenters. The van der Waals surface area contributed by atoms with E-state index in [0.717, 1.165) is 30.7 Å². The van der Waals surface area contributed by atoms with Gasteiger partial charge in [0.05, 0.1) is 20.3 Å². The fourth-order valence-corrected chi connectivity index (χ4v) is 8.23. The summed E-state index contributed by atoms with van der Waals surface area (Å²) >= 11 is 0. The Bertz CT molecular complexity index is 941. The van der Waals surface area contributed by atoms with Gasteiger partial charge in [0.1, 0.15) is 30.0 Å². The first-order valence-corrected chi connectivity index (χ1v) is 12.5. The van der Waals surface area contributed by atoms with Gasteiger partial charge in [0.2, 0.25) is 0 Å². The fourth-order valence-electron chi connectivity index (χ4n) is 8.23. The van der Waals surface area contributed by atoms with Gasteiger partial charge in [0.15, 0.2) is 0 Å². The van der Waals surface area contributed by atoms with Crippen molar-refractivity contribution in [2.45, 2.75) is 64.8 Å². The number of nitrogens with zero attached hydrogens (tertiary/aromatic N) is 1. The highest BCUT2D eigenvalue weighted by atomic mass is 16.5. The molecule has 6 atom stereocenters. The Morgan fingerprint density at radius 2 is 1.72 bits per heavy atom. The molecule has 3 aliphatic rings. The number of methoxy groups -OCH3 is 1. The van der Waals surface area contributed by atoms with E-state index in [0.29, 0.717) is 24.0 Å². The highest BCUT2D eigenvalue weighted by Crippen LogP contribution is 2.67. The Balaban J connectivity index is 1.52. The van der Waals surface area contributed by atoms with Crippen LogP contribution >= 0.6 is 0 Å². The lowest BCUT2D eigenvalue weighted by molar-refractivity contribution is -0.968. The molecule has 2 heterocycles. The van der Waals surface area contributed by atoms with Crippen LogP contribution in [-0.2, 0) is 17.9 Å². The second-order valence-corrected chi connectivity index (χ2v) is 11.3. The Hall–Kier alpha value is -1.84. The van der Waals surface area contributed by atoms with Gasteiger partial charge in [0.25, 0.3) is 0 Å². The van der Waals surface area contributed by atoms with E-state index < -0.39 is 0 Å². The maximum Gasteiger partial charge on any atom is 0.128 e. The molecule has 0 aromatic heterocycles. The zero-order valence-corrected chi connectivity index (χ0v) is 20.5. The van der Waals surface area contributed by atoms with E-state index in [9.17, 15) is 0 Å². The molecule has 0 N–H and O–H groups in total. The SMILES string of the molecule is COc1ccc(C[N@@+]23C[C@@H](C)[C@@H]4CC[C@@H]([C@@]42C)[C@@](OCc2ccccc2)(C(C)C)C3)cc1. The van der Waals surface area contributed by atoms with Gasteiger partial charge in [-0.2, -0.15) is 0 Å². The standard InChI is InChI=1S/C29H40NO2/c1-21(2)29(32-19-24-9-7-6-8-10-24)20-30(18-23-11-13-25(31-5)14-12-23)17-22(3)26-15-16-27(29)28(26,30)4/h6-14,21-22,26-27H,15-20H2,1-5H3/q+1/t22-,26+,27+,28-,29+,30-/m1/s1. The molecule has 3 fully saturated rings. The van der Waals surface area contributed by atoms with E-state index in [4.69, 9.17) is 9.47 Å². The second-order valence-electron chi connectivity index (χ2n) is 11.3. The van der Waals surface area contributed by atoms with Gasteiger partial charge in [-0.25, -0.2) is 0 Å². The van der Waals surface area contributed by atoms with Gasteiger partial charge < -0.3 is 14.0 Å². The lowest BCUT2D eigenvalue weighted by Gasteiger charge is -2.43. The minimum Gasteiger partial charge on any atom is -0.497 e. The summed E-state index contributed by atoms with van der Waals surface area (Å²) in [5, 5.41) is 0. The molecule has 0 radical (unpaired) electrons. The van der Waals surface area contributed by atoms with Crippen molar-refractivity contribution in [3.63, 3.8) is 0 Å². The van der Waals surface area contributed by atoms with Gasteiger partial charge in [-0.05, 0) is 55.5 Å². The number of rotatable bonds is 7. The molecule has 172 valence electrons. The van der Waals surface area contributed by atoms with Crippen molar-refractivity contribution < 1.29 is 14.0 Å². The van der Waals surface area contributed by atoms with Crippen LogP contribution in [0.3, 0.4) is 0 Å². The van der Waals surface area contributed by atoms with Crippen molar-refractivity contribution in [1.29, 1.82) is 0 Å². The third kappa shape index (κ3) is 3.08. The summed E-state index contributed by atoms with van der Waals surface area (Å²) in [6, 6.07) is 19.5. The van der Waals surface area contributed by atoms with Crippen molar-refractivity contribution in [3.8, 4) is 5.75 Å². The quantitative estimate of drug-likeness (QED) is 0.492. The number of quaternary nitrogens is 1. The van der Waals surface area contributed by atoms with Crippen molar-refractivity contribution in [3.05, 3.63) is 65.7 Å². The topological polar surface area (TPSA) is 18.5 Å². The molecule has 1 saturated carbocycles. The van der Waals surface area contributed by atoms with Gasteiger partial charge in [-0.15, -0.1) is 0 Å². The molecule has 3 nitrogen and oxygen atoms in total. The third-order valence-corrected chi connectivity index (χ3v) is 9.68. The maximum absolute atomic E-state index is 7.07. The highest BCUT2D eigenvalue weighted by Gasteiger charge is 2.78. The highest BCUT2D eigenvalue weighted by molar-refractivity contribution is 5.27. The fraction of sp³-hybridized carbons (Fsp3) is 0.586. The van der Waals surface area contributed by atoms with Gasteiger partial charge in [-0.1, -0.05) is 51.1 Å². The number of hydrogen-bond donors (Lipinski definition) is 0.